The van der Waals surface area contributed by atoms with Gasteiger partial charge < -0.3 is 0 Å². The predicted octanol–water partition coefficient (Wildman–Crippen LogP) is 3.83. The molecule has 0 radical (unpaired) electrons. The van der Waals surface area contributed by atoms with Crippen LogP contribution < -0.4 is 5.32 Å². The van der Waals surface area contributed by atoms with E-state index in [-0.39, 0.29) is 5.91 Å². The number of halogens is 1. The summed E-state index contributed by atoms with van der Waals surface area (Å²) in [6.45, 7) is 1.62. The van der Waals surface area contributed by atoms with Crippen LogP contribution in [0.5, 0.6) is 0 Å². The molecule has 0 saturated heterocycles. The van der Waals surface area contributed by atoms with Crippen molar-refractivity contribution in [2.24, 2.45) is 0 Å². The minimum Gasteiger partial charge on any atom is -0.299 e. The zero-order valence-corrected chi connectivity index (χ0v) is 14.0. The second-order valence-corrected chi connectivity index (χ2v) is 7.39. The number of rotatable bonds is 7. The number of carbonyl (C=O) groups is 1. The van der Waals surface area contributed by atoms with Gasteiger partial charge in [0.25, 0.3) is 0 Å². The number of aryl methyl sites for hydroxylation is 1. The van der Waals surface area contributed by atoms with Crippen LogP contribution in [0, 0.1) is 0 Å². The molecule has 0 saturated carbocycles. The summed E-state index contributed by atoms with van der Waals surface area (Å²) in [6, 6.07) is 10.4. The average molecular weight is 342 g/mol. The fourth-order valence-electron chi connectivity index (χ4n) is 1.60. The van der Waals surface area contributed by atoms with E-state index >= 15 is 0 Å². The first-order valence-corrected chi connectivity index (χ1v) is 8.84. The van der Waals surface area contributed by atoms with Crippen molar-refractivity contribution in [1.29, 1.82) is 0 Å². The third-order valence-electron chi connectivity index (χ3n) is 2.68. The lowest BCUT2D eigenvalue weighted by molar-refractivity contribution is -0.115. The fraction of sp³-hybridized carbons (Fsp3) is 0.357. The smallest absolute Gasteiger partial charge is 0.243 e. The normalized spacial score (nSPS) is 12.1. The summed E-state index contributed by atoms with van der Waals surface area (Å²) in [4.78, 5) is 11.4. The van der Waals surface area contributed by atoms with Crippen LogP contribution in [0.25, 0.3) is 0 Å². The average Bonchev–Trinajstić information content (AvgIpc) is 2.92. The second-order valence-electron chi connectivity index (χ2n) is 4.42. The quantitative estimate of drug-likeness (QED) is 0.360. The highest BCUT2D eigenvalue weighted by atomic mass is 35.5. The number of aromatic nitrogens is 2. The zero-order valence-electron chi connectivity index (χ0n) is 11.6. The molecule has 112 valence electrons. The number of anilines is 1. The summed E-state index contributed by atoms with van der Waals surface area (Å²) in [5.74, 6) is 0.720. The van der Waals surface area contributed by atoms with Crippen LogP contribution in [0.3, 0.4) is 0 Å². The molecule has 1 heterocycles. The maximum absolute atomic E-state index is 11.4. The van der Waals surface area contributed by atoms with Crippen molar-refractivity contribution < 1.29 is 4.79 Å². The lowest BCUT2D eigenvalue weighted by Gasteiger charge is -2.01. The topological polar surface area (TPSA) is 54.9 Å². The van der Waals surface area contributed by atoms with E-state index in [9.17, 15) is 4.79 Å². The van der Waals surface area contributed by atoms with Gasteiger partial charge >= 0.3 is 0 Å². The Hall–Kier alpha value is -1.11. The maximum atomic E-state index is 11.4. The molecule has 0 aliphatic heterocycles. The van der Waals surface area contributed by atoms with Crippen molar-refractivity contribution in [2.75, 3.05) is 11.1 Å². The number of nitrogens with zero attached hydrogens (tertiary/aromatic N) is 2. The predicted molar refractivity (Wildman–Crippen MR) is 89.3 cm³/mol. The van der Waals surface area contributed by atoms with E-state index in [1.165, 1.54) is 16.9 Å². The third-order valence-corrected chi connectivity index (χ3v) is 4.93. The van der Waals surface area contributed by atoms with Gasteiger partial charge in [0.1, 0.15) is 5.38 Å². The highest BCUT2D eigenvalue weighted by Crippen LogP contribution is 2.26. The largest absolute Gasteiger partial charge is 0.299 e. The molecule has 1 aromatic heterocycles. The summed E-state index contributed by atoms with van der Waals surface area (Å²) in [7, 11) is 0. The number of amides is 1. The van der Waals surface area contributed by atoms with Crippen LogP contribution in [-0.2, 0) is 11.2 Å². The van der Waals surface area contributed by atoms with Crippen molar-refractivity contribution in [2.45, 2.75) is 29.5 Å². The highest BCUT2D eigenvalue weighted by molar-refractivity contribution is 8.01. The molecule has 0 unspecified atom stereocenters. The summed E-state index contributed by atoms with van der Waals surface area (Å²) in [6.07, 6.45) is 2.13. The Labute approximate surface area is 137 Å². The van der Waals surface area contributed by atoms with Crippen LogP contribution in [0.15, 0.2) is 34.7 Å². The van der Waals surface area contributed by atoms with Gasteiger partial charge in [-0.25, -0.2) is 0 Å². The molecule has 0 spiro atoms. The molecule has 7 heteroatoms. The summed E-state index contributed by atoms with van der Waals surface area (Å²) in [5.41, 5.74) is 1.35. The van der Waals surface area contributed by atoms with E-state index < -0.39 is 5.38 Å². The molecule has 2 aromatic rings. The Morgan fingerprint density at radius 2 is 2.14 bits per heavy atom. The van der Waals surface area contributed by atoms with E-state index in [0.717, 1.165) is 22.9 Å². The Bertz CT molecular complexity index is 575. The highest BCUT2D eigenvalue weighted by Gasteiger charge is 2.12. The Morgan fingerprint density at radius 1 is 1.38 bits per heavy atom. The van der Waals surface area contributed by atoms with E-state index in [1.807, 2.05) is 6.07 Å². The molecule has 0 aliphatic carbocycles. The van der Waals surface area contributed by atoms with E-state index in [2.05, 4.69) is 39.8 Å². The minimum absolute atomic E-state index is 0.256. The van der Waals surface area contributed by atoms with Gasteiger partial charge in [-0.1, -0.05) is 53.4 Å². The molecule has 1 atom stereocenters. The third kappa shape index (κ3) is 5.65. The molecule has 1 amide bonds. The number of thioether (sulfide) groups is 1. The van der Waals surface area contributed by atoms with Crippen molar-refractivity contribution in [3.63, 3.8) is 0 Å². The Kier molecular flexibility index (Phi) is 6.48. The van der Waals surface area contributed by atoms with Crippen LogP contribution in [0.1, 0.15) is 18.9 Å². The Morgan fingerprint density at radius 3 is 2.86 bits per heavy atom. The van der Waals surface area contributed by atoms with E-state index in [1.54, 1.807) is 18.7 Å². The molecule has 4 nitrogen and oxygen atoms in total. The van der Waals surface area contributed by atoms with Crippen LogP contribution in [0.4, 0.5) is 5.13 Å². The summed E-state index contributed by atoms with van der Waals surface area (Å²) >= 11 is 8.72. The first-order chi connectivity index (χ1) is 10.1. The lowest BCUT2D eigenvalue weighted by atomic mass is 10.1. The van der Waals surface area contributed by atoms with Crippen molar-refractivity contribution in [3.8, 4) is 0 Å². The minimum atomic E-state index is -0.573. The van der Waals surface area contributed by atoms with E-state index in [0.29, 0.717) is 5.13 Å². The van der Waals surface area contributed by atoms with Crippen molar-refractivity contribution in [3.05, 3.63) is 35.9 Å². The number of nitrogens with one attached hydrogen (secondary N) is 1. The number of hydrogen-bond acceptors (Lipinski definition) is 5. The molecule has 1 N–H and O–H groups in total. The number of hydrogen-bond donors (Lipinski definition) is 1. The molecule has 21 heavy (non-hydrogen) atoms. The van der Waals surface area contributed by atoms with Gasteiger partial charge in [0, 0.05) is 5.75 Å². The molecule has 0 fully saturated rings. The van der Waals surface area contributed by atoms with Gasteiger partial charge in [-0.2, -0.15) is 0 Å². The second kappa shape index (κ2) is 8.36. The maximum Gasteiger partial charge on any atom is 0.243 e. The monoisotopic (exact) mass is 341 g/mol. The molecular weight excluding hydrogens is 326 g/mol. The molecule has 0 aliphatic rings. The van der Waals surface area contributed by atoms with Gasteiger partial charge in [-0.15, -0.1) is 21.8 Å². The van der Waals surface area contributed by atoms with Gasteiger partial charge in [-0.3, -0.25) is 10.1 Å². The summed E-state index contributed by atoms with van der Waals surface area (Å²) < 4.78 is 0.862. The first-order valence-electron chi connectivity index (χ1n) is 6.60. The molecule has 1 aromatic carbocycles. The fourth-order valence-corrected chi connectivity index (χ4v) is 3.42. The first kappa shape index (κ1) is 16.3. The SMILES string of the molecule is C[C@H](Cl)C(=O)Nc1nnc(SCCCc2ccccc2)s1. The standard InChI is InChI=1S/C14H16ClN3OS2/c1-10(15)12(19)16-13-17-18-14(21-13)20-9-5-8-11-6-3-2-4-7-11/h2-4,6-7,10H,5,8-9H2,1H3,(H,16,17,19)/t10-/m0/s1. The van der Waals surface area contributed by atoms with E-state index in [4.69, 9.17) is 11.6 Å². The number of benzene rings is 1. The van der Waals surface area contributed by atoms with Crippen molar-refractivity contribution >= 4 is 45.7 Å². The Balaban J connectivity index is 1.72. The van der Waals surface area contributed by atoms with Crippen LogP contribution in [0.2, 0.25) is 0 Å². The molecule has 2 rings (SSSR count). The van der Waals surface area contributed by atoms with Gasteiger partial charge in [0.15, 0.2) is 4.34 Å². The van der Waals surface area contributed by atoms with Crippen molar-refractivity contribution in [1.82, 2.24) is 10.2 Å². The molecule has 0 bridgehead atoms. The van der Waals surface area contributed by atoms with Gasteiger partial charge in [-0.05, 0) is 25.3 Å². The molecular formula is C14H16ClN3OS2. The van der Waals surface area contributed by atoms with Crippen LogP contribution >= 0.6 is 34.7 Å². The zero-order chi connectivity index (χ0) is 15.1. The summed E-state index contributed by atoms with van der Waals surface area (Å²) in [5, 5.41) is 10.5. The lowest BCUT2D eigenvalue weighted by Crippen LogP contribution is -2.20. The van der Waals surface area contributed by atoms with Gasteiger partial charge in [0.05, 0.1) is 0 Å². The van der Waals surface area contributed by atoms with Crippen LogP contribution in [-0.4, -0.2) is 27.2 Å². The number of alkyl halides is 1. The number of carbonyl (C=O) groups excluding carboxylic acids is 1. The van der Waals surface area contributed by atoms with Gasteiger partial charge in [0.2, 0.25) is 11.0 Å².